The van der Waals surface area contributed by atoms with Gasteiger partial charge in [-0.15, -0.1) is 0 Å². The predicted octanol–water partition coefficient (Wildman–Crippen LogP) is 3.52. The number of hydrogen-bond donors (Lipinski definition) is 2. The molecule has 0 spiro atoms. The Morgan fingerprint density at radius 3 is 2.40 bits per heavy atom. The highest BCUT2D eigenvalue weighted by Crippen LogP contribution is 2.35. The van der Waals surface area contributed by atoms with Crippen LogP contribution in [0, 0.1) is 0 Å². The Kier molecular flexibility index (Phi) is 6.10. The minimum Gasteiger partial charge on any atom is -0.495 e. The molecule has 0 radical (unpaired) electrons. The molecule has 0 unspecified atom stereocenters. The average molecular weight is 353 g/mol. The van der Waals surface area contributed by atoms with Gasteiger partial charge in [-0.1, -0.05) is 24.3 Å². The number of halogens is 3. The van der Waals surface area contributed by atoms with Crippen molar-refractivity contribution in [2.24, 2.45) is 10.7 Å². The molecule has 8 heteroatoms. The van der Waals surface area contributed by atoms with E-state index in [1.165, 1.54) is 25.3 Å². The molecule has 2 aromatic rings. The monoisotopic (exact) mass is 353 g/mol. The summed E-state index contributed by atoms with van der Waals surface area (Å²) in [5, 5.41) is 2.86. The first-order chi connectivity index (χ1) is 11.9. The molecule has 5 nitrogen and oxygen atoms in total. The number of nitrogens with zero attached hydrogens (tertiary/aromatic N) is 1. The lowest BCUT2D eigenvalue weighted by molar-refractivity contribution is -0.138. The second kappa shape index (κ2) is 8.27. The molecule has 0 aliphatic carbocycles. The van der Waals surface area contributed by atoms with Crippen LogP contribution in [0.15, 0.2) is 53.5 Å². The zero-order valence-corrected chi connectivity index (χ0v) is 13.5. The van der Waals surface area contributed by atoms with Crippen molar-refractivity contribution in [2.45, 2.75) is 6.18 Å². The molecule has 25 heavy (non-hydrogen) atoms. The summed E-state index contributed by atoms with van der Waals surface area (Å²) in [6.07, 6.45) is -4.47. The van der Waals surface area contributed by atoms with Gasteiger partial charge in [0.1, 0.15) is 18.1 Å². The molecule has 0 fully saturated rings. The van der Waals surface area contributed by atoms with Crippen LogP contribution >= 0.6 is 0 Å². The van der Waals surface area contributed by atoms with Gasteiger partial charge in [0.2, 0.25) is 0 Å². The molecule has 0 heterocycles. The number of guanidine groups is 1. The van der Waals surface area contributed by atoms with Crippen molar-refractivity contribution in [1.29, 1.82) is 0 Å². The largest absolute Gasteiger partial charge is 0.495 e. The van der Waals surface area contributed by atoms with Gasteiger partial charge in [0.15, 0.2) is 5.96 Å². The van der Waals surface area contributed by atoms with E-state index in [1.807, 2.05) is 6.07 Å². The number of para-hydroxylation sites is 3. The lowest BCUT2D eigenvalue weighted by atomic mass is 10.2. The van der Waals surface area contributed by atoms with Crippen LogP contribution in [0.1, 0.15) is 5.56 Å². The van der Waals surface area contributed by atoms with Crippen LogP contribution in [0.5, 0.6) is 11.5 Å². The number of benzene rings is 2. The highest BCUT2D eigenvalue weighted by Gasteiger charge is 2.33. The van der Waals surface area contributed by atoms with Gasteiger partial charge < -0.3 is 20.5 Å². The minimum atomic E-state index is -4.47. The lowest BCUT2D eigenvalue weighted by Gasteiger charge is -2.13. The van der Waals surface area contributed by atoms with Crippen molar-refractivity contribution < 1.29 is 22.6 Å². The van der Waals surface area contributed by atoms with Crippen LogP contribution in [-0.2, 0) is 6.18 Å². The standard InChI is InChI=1S/C17H18F3N3O2/c1-24-15-9-5-3-7-13(15)23-16(21)22-10-11-25-14-8-4-2-6-12(14)17(18,19)20/h2-9H,10-11H2,1H3,(H3,21,22,23). The van der Waals surface area contributed by atoms with Crippen molar-refractivity contribution in [3.8, 4) is 11.5 Å². The van der Waals surface area contributed by atoms with Crippen LogP contribution in [0.2, 0.25) is 0 Å². The summed E-state index contributed by atoms with van der Waals surface area (Å²) >= 11 is 0. The summed E-state index contributed by atoms with van der Waals surface area (Å²) in [5.74, 6) is 0.467. The SMILES string of the molecule is COc1ccccc1NC(N)=NCCOc1ccccc1C(F)(F)F. The van der Waals surface area contributed by atoms with E-state index in [0.29, 0.717) is 11.4 Å². The average Bonchev–Trinajstić information content (AvgIpc) is 2.59. The highest BCUT2D eigenvalue weighted by molar-refractivity contribution is 5.93. The van der Waals surface area contributed by atoms with Gasteiger partial charge in [-0.3, -0.25) is 0 Å². The summed E-state index contributed by atoms with van der Waals surface area (Å²) in [7, 11) is 1.53. The maximum Gasteiger partial charge on any atom is 0.419 e. The molecule has 2 rings (SSSR count). The molecule has 0 atom stereocenters. The van der Waals surface area contributed by atoms with E-state index in [1.54, 1.807) is 18.2 Å². The number of ether oxygens (including phenoxy) is 2. The Morgan fingerprint density at radius 2 is 1.72 bits per heavy atom. The summed E-state index contributed by atoms with van der Waals surface area (Å²) < 4.78 is 48.9. The molecular formula is C17H18F3N3O2. The Bertz CT molecular complexity index is 733. The van der Waals surface area contributed by atoms with Crippen LogP contribution in [0.25, 0.3) is 0 Å². The molecule has 134 valence electrons. The molecule has 0 saturated carbocycles. The smallest absolute Gasteiger partial charge is 0.419 e. The zero-order valence-electron chi connectivity index (χ0n) is 13.5. The number of rotatable bonds is 6. The molecule has 0 aliphatic heterocycles. The fraction of sp³-hybridized carbons (Fsp3) is 0.235. The molecule has 0 aromatic heterocycles. The molecule has 3 N–H and O–H groups in total. The van der Waals surface area contributed by atoms with Crippen molar-refractivity contribution in [2.75, 3.05) is 25.6 Å². The number of methoxy groups -OCH3 is 1. The lowest BCUT2D eigenvalue weighted by Crippen LogP contribution is -2.24. The van der Waals surface area contributed by atoms with E-state index in [4.69, 9.17) is 15.2 Å². The number of hydrogen-bond acceptors (Lipinski definition) is 3. The topological polar surface area (TPSA) is 68.9 Å². The third kappa shape index (κ3) is 5.30. The highest BCUT2D eigenvalue weighted by atomic mass is 19.4. The van der Waals surface area contributed by atoms with Crippen molar-refractivity contribution >= 4 is 11.6 Å². The molecular weight excluding hydrogens is 335 g/mol. The molecule has 0 aliphatic rings. The first-order valence-electron chi connectivity index (χ1n) is 7.41. The van der Waals surface area contributed by atoms with Gasteiger partial charge in [-0.25, -0.2) is 4.99 Å². The van der Waals surface area contributed by atoms with Gasteiger partial charge >= 0.3 is 6.18 Å². The van der Waals surface area contributed by atoms with E-state index in [-0.39, 0.29) is 24.9 Å². The van der Waals surface area contributed by atoms with Crippen LogP contribution in [-0.4, -0.2) is 26.2 Å². The van der Waals surface area contributed by atoms with Gasteiger partial charge in [0.25, 0.3) is 0 Å². The Labute approximate surface area is 143 Å². The molecule has 0 bridgehead atoms. The summed E-state index contributed by atoms with van der Waals surface area (Å²) in [6, 6.07) is 12.1. The fourth-order valence-electron chi connectivity index (χ4n) is 2.07. The second-order valence-electron chi connectivity index (χ2n) is 4.93. The number of nitrogens with one attached hydrogen (secondary N) is 1. The Hall–Kier alpha value is -2.90. The maximum absolute atomic E-state index is 12.9. The van der Waals surface area contributed by atoms with E-state index in [0.717, 1.165) is 6.07 Å². The normalized spacial score (nSPS) is 11.9. The molecule has 2 aromatic carbocycles. The second-order valence-corrected chi connectivity index (χ2v) is 4.93. The first-order valence-corrected chi connectivity index (χ1v) is 7.41. The van der Waals surface area contributed by atoms with Crippen molar-refractivity contribution in [3.63, 3.8) is 0 Å². The third-order valence-electron chi connectivity index (χ3n) is 3.19. The number of nitrogens with two attached hydrogens (primary N) is 1. The minimum absolute atomic E-state index is 0.0403. The first kappa shape index (κ1) is 18.4. The van der Waals surface area contributed by atoms with Gasteiger partial charge in [0, 0.05) is 0 Å². The van der Waals surface area contributed by atoms with E-state index >= 15 is 0 Å². The maximum atomic E-state index is 12.9. The van der Waals surface area contributed by atoms with Gasteiger partial charge in [-0.05, 0) is 24.3 Å². The Morgan fingerprint density at radius 1 is 1.08 bits per heavy atom. The van der Waals surface area contributed by atoms with Crippen LogP contribution in [0.3, 0.4) is 0 Å². The quantitative estimate of drug-likeness (QED) is 0.474. The van der Waals surface area contributed by atoms with Gasteiger partial charge in [0.05, 0.1) is 24.9 Å². The van der Waals surface area contributed by atoms with E-state index in [9.17, 15) is 13.2 Å². The van der Waals surface area contributed by atoms with Crippen LogP contribution < -0.4 is 20.5 Å². The summed E-state index contributed by atoms with van der Waals surface area (Å²) in [4.78, 5) is 4.02. The zero-order chi connectivity index (χ0) is 18.3. The number of alkyl halides is 3. The third-order valence-corrected chi connectivity index (χ3v) is 3.19. The van der Waals surface area contributed by atoms with E-state index in [2.05, 4.69) is 10.3 Å². The fourth-order valence-corrected chi connectivity index (χ4v) is 2.07. The summed E-state index contributed by atoms with van der Waals surface area (Å²) in [5.41, 5.74) is 5.57. The Balaban J connectivity index is 1.91. The van der Waals surface area contributed by atoms with Crippen LogP contribution in [0.4, 0.5) is 18.9 Å². The number of aliphatic imine (C=N–C) groups is 1. The summed E-state index contributed by atoms with van der Waals surface area (Å²) in [6.45, 7) is 0.0571. The molecule has 0 amide bonds. The van der Waals surface area contributed by atoms with Crippen molar-refractivity contribution in [1.82, 2.24) is 0 Å². The van der Waals surface area contributed by atoms with Gasteiger partial charge in [-0.2, -0.15) is 13.2 Å². The van der Waals surface area contributed by atoms with E-state index < -0.39 is 11.7 Å². The predicted molar refractivity (Wildman–Crippen MR) is 90.0 cm³/mol. The number of anilines is 1. The van der Waals surface area contributed by atoms with Crippen molar-refractivity contribution in [3.05, 3.63) is 54.1 Å². The molecule has 0 saturated heterocycles.